The van der Waals surface area contributed by atoms with E-state index in [1.807, 2.05) is 12.1 Å². The van der Waals surface area contributed by atoms with Gasteiger partial charge < -0.3 is 10.5 Å². The summed E-state index contributed by atoms with van der Waals surface area (Å²) in [6, 6.07) is 6.91. The molecule has 0 spiro atoms. The molecular weight excluding hydrogens is 241 g/mol. The maximum Gasteiger partial charge on any atom is 0.123 e. The van der Waals surface area contributed by atoms with Crippen molar-refractivity contribution in [2.24, 2.45) is 0 Å². The number of quaternary nitrogens is 1. The minimum atomic E-state index is -0.177. The summed E-state index contributed by atoms with van der Waals surface area (Å²) in [5.74, 6) is -0.177. The summed E-state index contributed by atoms with van der Waals surface area (Å²) < 4.78 is 19.2. The minimum Gasteiger partial charge on any atom is -0.374 e. The van der Waals surface area contributed by atoms with Crippen molar-refractivity contribution in [3.63, 3.8) is 0 Å². The van der Waals surface area contributed by atoms with Crippen LogP contribution in [0.4, 0.5) is 4.39 Å². The van der Waals surface area contributed by atoms with Gasteiger partial charge in [0, 0.05) is 11.8 Å². The summed E-state index contributed by atoms with van der Waals surface area (Å²) in [5, 5.41) is 0. The maximum absolute atomic E-state index is 13.1. The number of rotatable bonds is 4. The van der Waals surface area contributed by atoms with Crippen molar-refractivity contribution in [2.45, 2.75) is 50.5 Å². The highest BCUT2D eigenvalue weighted by Crippen LogP contribution is 2.42. The Balaban J connectivity index is 2.23. The number of benzene rings is 1. The van der Waals surface area contributed by atoms with Crippen LogP contribution in [-0.4, -0.2) is 18.8 Å². The van der Waals surface area contributed by atoms with Gasteiger partial charge in [-0.15, -0.1) is 0 Å². The van der Waals surface area contributed by atoms with Crippen LogP contribution in [0.2, 0.25) is 0 Å². The molecule has 0 bridgehead atoms. The van der Waals surface area contributed by atoms with Gasteiger partial charge in [-0.1, -0.05) is 19.1 Å². The first-order valence-corrected chi connectivity index (χ1v) is 7.23. The van der Waals surface area contributed by atoms with Crippen LogP contribution in [0.3, 0.4) is 0 Å². The molecule has 0 radical (unpaired) electrons. The molecule has 1 heterocycles. The highest BCUT2D eigenvalue weighted by molar-refractivity contribution is 5.27. The third kappa shape index (κ3) is 2.98. The van der Waals surface area contributed by atoms with Crippen LogP contribution in [0.25, 0.3) is 0 Å². The molecule has 1 aromatic rings. The zero-order valence-electron chi connectivity index (χ0n) is 12.0. The van der Waals surface area contributed by atoms with E-state index in [1.165, 1.54) is 5.56 Å². The first kappa shape index (κ1) is 14.5. The van der Waals surface area contributed by atoms with Gasteiger partial charge in [0.25, 0.3) is 0 Å². The Labute approximate surface area is 115 Å². The maximum atomic E-state index is 13.1. The molecule has 2 atom stereocenters. The van der Waals surface area contributed by atoms with E-state index >= 15 is 0 Å². The molecule has 106 valence electrons. The van der Waals surface area contributed by atoms with Crippen molar-refractivity contribution in [3.8, 4) is 0 Å². The van der Waals surface area contributed by atoms with E-state index in [1.54, 1.807) is 12.1 Å². The zero-order chi connectivity index (χ0) is 13.9. The Morgan fingerprint density at radius 2 is 1.95 bits per heavy atom. The van der Waals surface area contributed by atoms with Gasteiger partial charge in [-0.3, -0.25) is 0 Å². The molecule has 19 heavy (non-hydrogen) atoms. The lowest BCUT2D eigenvalue weighted by Crippen LogP contribution is -2.55. The molecule has 0 saturated carbocycles. The minimum absolute atomic E-state index is 0.00466. The van der Waals surface area contributed by atoms with Gasteiger partial charge in [-0.2, -0.15) is 0 Å². The van der Waals surface area contributed by atoms with Crippen LogP contribution in [-0.2, 0) is 10.2 Å². The van der Waals surface area contributed by atoms with Crippen molar-refractivity contribution in [2.75, 3.05) is 13.2 Å². The van der Waals surface area contributed by atoms with Crippen molar-refractivity contribution in [1.82, 2.24) is 0 Å². The molecule has 1 aliphatic heterocycles. The van der Waals surface area contributed by atoms with Gasteiger partial charge in [0.2, 0.25) is 0 Å². The first-order chi connectivity index (χ1) is 9.03. The molecule has 0 aliphatic carbocycles. The third-order valence-corrected chi connectivity index (χ3v) is 4.69. The smallest absolute Gasteiger partial charge is 0.123 e. The fourth-order valence-electron chi connectivity index (χ4n) is 2.95. The Morgan fingerprint density at radius 1 is 1.26 bits per heavy atom. The quantitative estimate of drug-likeness (QED) is 0.893. The zero-order valence-corrected chi connectivity index (χ0v) is 12.0. The molecule has 2 nitrogen and oxygen atoms in total. The molecule has 1 fully saturated rings. The van der Waals surface area contributed by atoms with Crippen molar-refractivity contribution in [1.29, 1.82) is 0 Å². The van der Waals surface area contributed by atoms with Crippen molar-refractivity contribution < 1.29 is 14.9 Å². The second-order valence-corrected chi connectivity index (χ2v) is 5.98. The highest BCUT2D eigenvalue weighted by Gasteiger charge is 2.41. The van der Waals surface area contributed by atoms with E-state index in [2.05, 4.69) is 19.6 Å². The van der Waals surface area contributed by atoms with Gasteiger partial charge in [0.1, 0.15) is 5.82 Å². The van der Waals surface area contributed by atoms with E-state index in [-0.39, 0.29) is 16.8 Å². The average Bonchev–Trinajstić information content (AvgIpc) is 2.43. The van der Waals surface area contributed by atoms with Crippen molar-refractivity contribution in [3.05, 3.63) is 35.6 Å². The topological polar surface area (TPSA) is 36.9 Å². The van der Waals surface area contributed by atoms with E-state index in [9.17, 15) is 4.39 Å². The highest BCUT2D eigenvalue weighted by atomic mass is 19.1. The van der Waals surface area contributed by atoms with Crippen LogP contribution in [0, 0.1) is 5.82 Å². The first-order valence-electron chi connectivity index (χ1n) is 7.23. The normalized spacial score (nSPS) is 31.4. The summed E-state index contributed by atoms with van der Waals surface area (Å²) in [6.45, 7) is 5.96. The lowest BCUT2D eigenvalue weighted by atomic mass is 9.70. The molecule has 3 heteroatoms. The van der Waals surface area contributed by atoms with Gasteiger partial charge >= 0.3 is 0 Å². The number of hydrogen-bond donors (Lipinski definition) is 1. The van der Waals surface area contributed by atoms with Crippen LogP contribution >= 0.6 is 0 Å². The predicted octanol–water partition coefficient (Wildman–Crippen LogP) is 2.67. The van der Waals surface area contributed by atoms with Crippen LogP contribution in [0.5, 0.6) is 0 Å². The van der Waals surface area contributed by atoms with Gasteiger partial charge in [-0.25, -0.2) is 4.39 Å². The molecule has 0 unspecified atom stereocenters. The average molecular weight is 266 g/mol. The number of halogens is 1. The Bertz CT molecular complexity index is 407. The Kier molecular flexibility index (Phi) is 4.26. The lowest BCUT2D eigenvalue weighted by molar-refractivity contribution is -0.372. The molecular formula is C16H25FNO+. The second-order valence-electron chi connectivity index (χ2n) is 5.98. The second kappa shape index (κ2) is 5.59. The van der Waals surface area contributed by atoms with Crippen LogP contribution in [0.15, 0.2) is 24.3 Å². The van der Waals surface area contributed by atoms with E-state index in [0.29, 0.717) is 0 Å². The van der Waals surface area contributed by atoms with E-state index < -0.39 is 0 Å². The molecule has 1 aromatic carbocycles. The fourth-order valence-corrected chi connectivity index (χ4v) is 2.95. The molecule has 1 saturated heterocycles. The molecule has 0 aromatic heterocycles. The standard InChI is InChI=1S/C16H24FNO/c1-3-15(2)8-9-16(10-11-18,12-19-15)13-4-6-14(17)7-5-13/h4-7H,3,8-12,18H2,1-2H3/p+1/t15-,16+/m0/s1. The van der Waals surface area contributed by atoms with Gasteiger partial charge in [-0.05, 0) is 43.9 Å². The summed E-state index contributed by atoms with van der Waals surface area (Å²) >= 11 is 0. The predicted molar refractivity (Wildman–Crippen MR) is 74.3 cm³/mol. The van der Waals surface area contributed by atoms with Crippen LogP contribution < -0.4 is 5.73 Å². The summed E-state index contributed by atoms with van der Waals surface area (Å²) in [7, 11) is 0. The fraction of sp³-hybridized carbons (Fsp3) is 0.625. The lowest BCUT2D eigenvalue weighted by Gasteiger charge is -2.45. The van der Waals surface area contributed by atoms with Crippen LogP contribution in [0.1, 0.15) is 45.1 Å². The molecule has 3 N–H and O–H groups in total. The molecule has 0 amide bonds. The molecule has 1 aliphatic rings. The van der Waals surface area contributed by atoms with E-state index in [4.69, 9.17) is 4.74 Å². The monoisotopic (exact) mass is 266 g/mol. The SMILES string of the molecule is CC[C@@]1(C)CC[C@](CC[NH3+])(c2ccc(F)cc2)CO1. The Morgan fingerprint density at radius 3 is 2.42 bits per heavy atom. The number of hydrogen-bond acceptors (Lipinski definition) is 1. The largest absolute Gasteiger partial charge is 0.374 e. The summed E-state index contributed by atoms with van der Waals surface area (Å²) in [6.07, 6.45) is 4.19. The third-order valence-electron chi connectivity index (χ3n) is 4.69. The number of ether oxygens (including phenoxy) is 1. The van der Waals surface area contributed by atoms with Gasteiger partial charge in [0.15, 0.2) is 0 Å². The van der Waals surface area contributed by atoms with Crippen molar-refractivity contribution >= 4 is 0 Å². The Hall–Kier alpha value is -0.930. The van der Waals surface area contributed by atoms with E-state index in [0.717, 1.165) is 38.8 Å². The molecule has 2 rings (SSSR count). The summed E-state index contributed by atoms with van der Waals surface area (Å²) in [5.41, 5.74) is 5.21. The summed E-state index contributed by atoms with van der Waals surface area (Å²) in [4.78, 5) is 0. The van der Waals surface area contributed by atoms with Gasteiger partial charge in [0.05, 0.1) is 18.8 Å².